The highest BCUT2D eigenvalue weighted by atomic mass is 16.6. The first-order chi connectivity index (χ1) is 30.1. The quantitative estimate of drug-likeness (QED) is 0.0260. The summed E-state index contributed by atoms with van der Waals surface area (Å²) in [6.45, 7) is 4.54. The number of nitrogens with zero attached hydrogens (tertiary/aromatic N) is 1. The third-order valence-electron chi connectivity index (χ3n) is 11.1. The van der Waals surface area contributed by atoms with Gasteiger partial charge in [0.2, 0.25) is 0 Å². The largest absolute Gasteiger partial charge is 0.544 e. The molecule has 8 heteroatoms. The Morgan fingerprint density at radius 2 is 0.903 bits per heavy atom. The van der Waals surface area contributed by atoms with Gasteiger partial charge in [0.05, 0.1) is 40.3 Å². The van der Waals surface area contributed by atoms with Gasteiger partial charge in [0.25, 0.3) is 0 Å². The molecule has 0 spiro atoms. The minimum Gasteiger partial charge on any atom is -0.544 e. The van der Waals surface area contributed by atoms with Crippen molar-refractivity contribution >= 4 is 17.9 Å². The minimum absolute atomic E-state index is 0.0330. The van der Waals surface area contributed by atoms with Gasteiger partial charge in [0.15, 0.2) is 6.10 Å². The number of esters is 2. The molecule has 0 saturated heterocycles. The molecule has 8 nitrogen and oxygen atoms in total. The maximum Gasteiger partial charge on any atom is 0.306 e. The number of carboxylic acid groups (broad SMARTS) is 1. The molecule has 0 aromatic carbocycles. The molecule has 0 aliphatic rings. The summed E-state index contributed by atoms with van der Waals surface area (Å²) in [5, 5.41) is 11.7. The van der Waals surface area contributed by atoms with Gasteiger partial charge in [0.1, 0.15) is 12.6 Å². The number of quaternary nitrogens is 1. The van der Waals surface area contributed by atoms with Crippen molar-refractivity contribution in [1.82, 2.24) is 0 Å². The van der Waals surface area contributed by atoms with Gasteiger partial charge in [-0.1, -0.05) is 177 Å². The van der Waals surface area contributed by atoms with Gasteiger partial charge in [-0.05, 0) is 77.0 Å². The number of aliphatic carboxylic acids is 1. The van der Waals surface area contributed by atoms with E-state index < -0.39 is 18.1 Å². The molecule has 0 fully saturated rings. The minimum atomic E-state index is -1.13. The highest BCUT2D eigenvalue weighted by Crippen LogP contribution is 2.14. The Morgan fingerprint density at radius 3 is 1.35 bits per heavy atom. The average Bonchev–Trinajstić information content (AvgIpc) is 3.23. The number of hydrogen-bond acceptors (Lipinski definition) is 7. The summed E-state index contributed by atoms with van der Waals surface area (Å²) in [7, 11) is 5.41. The molecule has 0 bridgehead atoms. The van der Waals surface area contributed by atoms with Crippen molar-refractivity contribution < 1.29 is 38.2 Å². The van der Waals surface area contributed by atoms with Crippen LogP contribution in [0.5, 0.6) is 0 Å². The SMILES string of the molecule is CC/C=C/C/C=C/C/C=C/C/C=C/CCCCCCCCC(=O)OCC(COCCC(C(=O)[O-])[N+](C)(C)C)OC(=O)CCCCCCCCC/C=C/CCCCCCCCCC. The van der Waals surface area contributed by atoms with E-state index in [1.54, 1.807) is 21.1 Å². The van der Waals surface area contributed by atoms with Crippen molar-refractivity contribution in [2.45, 2.75) is 225 Å². The molecule has 0 aliphatic heterocycles. The number of ether oxygens (including phenoxy) is 3. The second-order valence-corrected chi connectivity index (χ2v) is 18.0. The van der Waals surface area contributed by atoms with Crippen LogP contribution in [0.2, 0.25) is 0 Å². The fourth-order valence-corrected chi connectivity index (χ4v) is 7.23. The molecule has 0 amide bonds. The van der Waals surface area contributed by atoms with Crippen molar-refractivity contribution in [3.63, 3.8) is 0 Å². The van der Waals surface area contributed by atoms with Crippen LogP contribution in [0.25, 0.3) is 0 Å². The number of carbonyl (C=O) groups is 3. The van der Waals surface area contributed by atoms with Crippen molar-refractivity contribution in [2.24, 2.45) is 0 Å². The zero-order chi connectivity index (χ0) is 45.6. The predicted octanol–water partition coefficient (Wildman–Crippen LogP) is 13.2. The summed E-state index contributed by atoms with van der Waals surface area (Å²) >= 11 is 0. The molecule has 0 rings (SSSR count). The average molecular weight is 870 g/mol. The van der Waals surface area contributed by atoms with Gasteiger partial charge in [-0.15, -0.1) is 0 Å². The van der Waals surface area contributed by atoms with Gasteiger partial charge >= 0.3 is 11.9 Å². The van der Waals surface area contributed by atoms with Crippen molar-refractivity contribution in [2.75, 3.05) is 41.0 Å². The second-order valence-electron chi connectivity index (χ2n) is 18.0. The highest BCUT2D eigenvalue weighted by Gasteiger charge is 2.25. The van der Waals surface area contributed by atoms with E-state index in [0.29, 0.717) is 12.8 Å². The summed E-state index contributed by atoms with van der Waals surface area (Å²) < 4.78 is 17.2. The van der Waals surface area contributed by atoms with Crippen LogP contribution in [0.1, 0.15) is 213 Å². The van der Waals surface area contributed by atoms with E-state index in [0.717, 1.165) is 77.0 Å². The van der Waals surface area contributed by atoms with Crippen molar-refractivity contribution in [1.29, 1.82) is 0 Å². The Hall–Kier alpha value is -2.97. The maximum atomic E-state index is 12.8. The summed E-state index contributed by atoms with van der Waals surface area (Å²) in [6, 6.07) is -0.731. The smallest absolute Gasteiger partial charge is 0.306 e. The zero-order valence-corrected chi connectivity index (χ0v) is 40.8. The van der Waals surface area contributed by atoms with Crippen LogP contribution < -0.4 is 5.11 Å². The molecular weight excluding hydrogens is 775 g/mol. The second kappa shape index (κ2) is 44.6. The molecule has 0 heterocycles. The van der Waals surface area contributed by atoms with Crippen LogP contribution >= 0.6 is 0 Å². The van der Waals surface area contributed by atoms with Crippen molar-refractivity contribution in [3.05, 3.63) is 60.8 Å². The fourth-order valence-electron chi connectivity index (χ4n) is 7.23. The lowest BCUT2D eigenvalue weighted by Crippen LogP contribution is -2.55. The molecule has 358 valence electrons. The zero-order valence-electron chi connectivity index (χ0n) is 40.8. The molecule has 2 atom stereocenters. The number of carboxylic acids is 1. The lowest BCUT2D eigenvalue weighted by molar-refractivity contribution is -0.889. The summed E-state index contributed by atoms with van der Waals surface area (Å²) in [6.07, 6.45) is 55.3. The molecular formula is C54H95NO7. The highest BCUT2D eigenvalue weighted by molar-refractivity contribution is 5.70. The Labute approximate surface area is 381 Å². The molecule has 0 aromatic rings. The Bertz CT molecular complexity index is 1200. The Balaban J connectivity index is 4.29. The van der Waals surface area contributed by atoms with Crippen LogP contribution in [0, 0.1) is 0 Å². The standard InChI is InChI=1S/C54H95NO7/c1-6-8-10-12-14-16-18-20-22-24-26-28-30-32-34-36-38-40-42-44-52(56)61-49-50(48-60-47-46-51(54(58)59)55(3,4)5)62-53(57)45-43-41-39-37-35-33-31-29-27-25-23-21-19-17-15-13-11-9-7-2/h8,10,14,16,20,22,25-28,50-51H,6-7,9,11-13,15,17-19,21,23-24,29-49H2,1-5H3/b10-8+,16-14+,22-20+,27-25+,28-26+. The van der Waals surface area contributed by atoms with Gasteiger partial charge in [0, 0.05) is 19.3 Å². The monoisotopic (exact) mass is 870 g/mol. The van der Waals surface area contributed by atoms with Crippen LogP contribution in [0.15, 0.2) is 60.8 Å². The third kappa shape index (κ3) is 42.3. The van der Waals surface area contributed by atoms with E-state index in [1.165, 1.54) is 103 Å². The molecule has 0 radical (unpaired) electrons. The van der Waals surface area contributed by atoms with E-state index in [-0.39, 0.29) is 42.7 Å². The van der Waals surface area contributed by atoms with Gasteiger partial charge < -0.3 is 28.6 Å². The molecule has 0 saturated carbocycles. The number of likely N-dealkylation sites (N-methyl/N-ethyl adjacent to an activating group) is 1. The maximum absolute atomic E-state index is 12.8. The van der Waals surface area contributed by atoms with E-state index >= 15 is 0 Å². The first-order valence-corrected chi connectivity index (χ1v) is 25.3. The van der Waals surface area contributed by atoms with E-state index in [4.69, 9.17) is 14.2 Å². The lowest BCUT2D eigenvalue weighted by atomic mass is 10.1. The number of rotatable bonds is 45. The number of hydrogen-bond donors (Lipinski definition) is 0. The molecule has 0 aliphatic carbocycles. The van der Waals surface area contributed by atoms with E-state index in [9.17, 15) is 19.5 Å². The summed E-state index contributed by atoms with van der Waals surface area (Å²) in [5.41, 5.74) is 0. The molecule has 62 heavy (non-hydrogen) atoms. The fraction of sp³-hybridized carbons (Fsp3) is 0.759. The molecule has 2 unspecified atom stereocenters. The normalized spacial score (nSPS) is 13.4. The van der Waals surface area contributed by atoms with Crippen LogP contribution in [-0.2, 0) is 28.6 Å². The predicted molar refractivity (Wildman–Crippen MR) is 259 cm³/mol. The number of carbonyl (C=O) groups excluding carboxylic acids is 3. The third-order valence-corrected chi connectivity index (χ3v) is 11.1. The van der Waals surface area contributed by atoms with E-state index in [2.05, 4.69) is 74.6 Å². The summed E-state index contributed by atoms with van der Waals surface area (Å²) in [4.78, 5) is 37.0. The number of allylic oxidation sites excluding steroid dienone is 10. The lowest BCUT2D eigenvalue weighted by Gasteiger charge is -2.34. The van der Waals surface area contributed by atoms with Gasteiger partial charge in [-0.2, -0.15) is 0 Å². The van der Waals surface area contributed by atoms with Crippen LogP contribution in [0.4, 0.5) is 0 Å². The number of unbranched alkanes of at least 4 members (excludes halogenated alkanes) is 21. The van der Waals surface area contributed by atoms with E-state index in [1.807, 2.05) is 0 Å². The van der Waals surface area contributed by atoms with Crippen LogP contribution in [-0.4, -0.2) is 75.5 Å². The topological polar surface area (TPSA) is 102 Å². The first kappa shape index (κ1) is 59.0. The van der Waals surface area contributed by atoms with Gasteiger partial charge in [-0.25, -0.2) is 0 Å². The summed E-state index contributed by atoms with van der Waals surface area (Å²) in [5.74, 6) is -1.76. The van der Waals surface area contributed by atoms with Crippen molar-refractivity contribution in [3.8, 4) is 0 Å². The Morgan fingerprint density at radius 1 is 0.500 bits per heavy atom. The Kier molecular flexibility index (Phi) is 42.5. The van der Waals surface area contributed by atoms with Crippen LogP contribution in [0.3, 0.4) is 0 Å². The molecule has 0 N–H and O–H groups in total. The molecule has 0 aromatic heterocycles. The van der Waals surface area contributed by atoms with Gasteiger partial charge in [-0.3, -0.25) is 9.59 Å². The first-order valence-electron chi connectivity index (χ1n) is 25.3.